The molecule has 2 unspecified atom stereocenters. The first-order chi connectivity index (χ1) is 12.2. The highest BCUT2D eigenvalue weighted by atomic mass is 16.5. The van der Waals surface area contributed by atoms with Crippen LogP contribution < -0.4 is 4.74 Å². The summed E-state index contributed by atoms with van der Waals surface area (Å²) in [4.78, 5) is 0. The van der Waals surface area contributed by atoms with E-state index in [2.05, 4.69) is 30.8 Å². The van der Waals surface area contributed by atoms with Crippen LogP contribution in [0.3, 0.4) is 0 Å². The lowest BCUT2D eigenvalue weighted by molar-refractivity contribution is 0.158. The predicted octanol–water partition coefficient (Wildman–Crippen LogP) is 5.37. The van der Waals surface area contributed by atoms with Gasteiger partial charge in [-0.25, -0.2) is 0 Å². The SMILES string of the molecule is C=CC(c1ccc(-c2ccccc2)cc1)C(O)c1ccccc1OC. The fourth-order valence-electron chi connectivity index (χ4n) is 3.08. The molecule has 0 fully saturated rings. The molecule has 3 aromatic carbocycles. The maximum absolute atomic E-state index is 10.9. The molecule has 0 radical (unpaired) electrons. The Bertz CT molecular complexity index is 822. The van der Waals surface area contributed by atoms with E-state index >= 15 is 0 Å². The van der Waals surface area contributed by atoms with Gasteiger partial charge in [0.1, 0.15) is 5.75 Å². The normalized spacial score (nSPS) is 13.0. The Balaban J connectivity index is 1.89. The average Bonchev–Trinajstić information content (AvgIpc) is 2.69. The molecule has 25 heavy (non-hydrogen) atoms. The molecule has 3 rings (SSSR count). The van der Waals surface area contributed by atoms with Gasteiger partial charge in [0, 0.05) is 11.5 Å². The summed E-state index contributed by atoms with van der Waals surface area (Å²) in [5.74, 6) is 0.476. The second kappa shape index (κ2) is 7.82. The number of aliphatic hydroxyl groups excluding tert-OH is 1. The third-order valence-corrected chi connectivity index (χ3v) is 4.45. The molecule has 2 atom stereocenters. The Morgan fingerprint density at radius 1 is 0.840 bits per heavy atom. The maximum atomic E-state index is 10.9. The average molecular weight is 330 g/mol. The molecule has 0 heterocycles. The van der Waals surface area contributed by atoms with Crippen LogP contribution in [0.4, 0.5) is 0 Å². The molecule has 2 heteroatoms. The van der Waals surface area contributed by atoms with E-state index in [1.165, 1.54) is 5.56 Å². The van der Waals surface area contributed by atoms with E-state index in [9.17, 15) is 5.11 Å². The van der Waals surface area contributed by atoms with Gasteiger partial charge < -0.3 is 9.84 Å². The van der Waals surface area contributed by atoms with E-state index in [0.717, 1.165) is 16.7 Å². The van der Waals surface area contributed by atoms with Crippen LogP contribution in [0.1, 0.15) is 23.1 Å². The van der Waals surface area contributed by atoms with Gasteiger partial charge in [0.2, 0.25) is 0 Å². The summed E-state index contributed by atoms with van der Waals surface area (Å²) in [6.07, 6.45) is 1.07. The van der Waals surface area contributed by atoms with Gasteiger partial charge in [0.25, 0.3) is 0 Å². The number of para-hydroxylation sites is 1. The lowest BCUT2D eigenvalue weighted by Crippen LogP contribution is -2.10. The Labute approximate surface area is 149 Å². The van der Waals surface area contributed by atoms with Crippen molar-refractivity contribution in [3.8, 4) is 16.9 Å². The highest BCUT2D eigenvalue weighted by Gasteiger charge is 2.22. The van der Waals surface area contributed by atoms with Crippen molar-refractivity contribution in [2.45, 2.75) is 12.0 Å². The van der Waals surface area contributed by atoms with Crippen molar-refractivity contribution in [2.75, 3.05) is 7.11 Å². The quantitative estimate of drug-likeness (QED) is 0.616. The number of ether oxygens (including phenoxy) is 1. The Morgan fingerprint density at radius 3 is 2.08 bits per heavy atom. The number of hydrogen-bond donors (Lipinski definition) is 1. The lowest BCUT2D eigenvalue weighted by atomic mass is 9.88. The van der Waals surface area contributed by atoms with Crippen molar-refractivity contribution in [1.82, 2.24) is 0 Å². The third kappa shape index (κ3) is 3.65. The zero-order valence-electron chi connectivity index (χ0n) is 14.3. The third-order valence-electron chi connectivity index (χ3n) is 4.45. The van der Waals surface area contributed by atoms with E-state index < -0.39 is 6.10 Å². The number of methoxy groups -OCH3 is 1. The Morgan fingerprint density at radius 2 is 1.44 bits per heavy atom. The monoisotopic (exact) mass is 330 g/mol. The van der Waals surface area contributed by atoms with Crippen molar-refractivity contribution in [3.05, 3.63) is 103 Å². The van der Waals surface area contributed by atoms with Crippen LogP contribution in [0.2, 0.25) is 0 Å². The molecule has 126 valence electrons. The Kier molecular flexibility index (Phi) is 5.32. The zero-order chi connectivity index (χ0) is 17.6. The van der Waals surface area contributed by atoms with Crippen molar-refractivity contribution in [2.24, 2.45) is 0 Å². The molecule has 0 spiro atoms. The van der Waals surface area contributed by atoms with Crippen LogP contribution in [-0.2, 0) is 0 Å². The van der Waals surface area contributed by atoms with Gasteiger partial charge in [-0.05, 0) is 22.8 Å². The van der Waals surface area contributed by atoms with E-state index in [1.807, 2.05) is 54.6 Å². The maximum Gasteiger partial charge on any atom is 0.124 e. The minimum Gasteiger partial charge on any atom is -0.496 e. The first-order valence-electron chi connectivity index (χ1n) is 8.33. The Hall–Kier alpha value is -2.84. The summed E-state index contributed by atoms with van der Waals surface area (Å²) in [5, 5.41) is 10.9. The topological polar surface area (TPSA) is 29.5 Å². The van der Waals surface area contributed by atoms with Crippen LogP contribution in [0.15, 0.2) is 91.5 Å². The number of hydrogen-bond acceptors (Lipinski definition) is 2. The van der Waals surface area contributed by atoms with Crippen molar-refractivity contribution in [1.29, 1.82) is 0 Å². The molecule has 0 aliphatic carbocycles. The molecule has 0 aliphatic heterocycles. The van der Waals surface area contributed by atoms with E-state index in [-0.39, 0.29) is 5.92 Å². The van der Waals surface area contributed by atoms with Crippen molar-refractivity contribution in [3.63, 3.8) is 0 Å². The van der Waals surface area contributed by atoms with Crippen LogP contribution in [0.5, 0.6) is 5.75 Å². The van der Waals surface area contributed by atoms with Crippen LogP contribution in [0.25, 0.3) is 11.1 Å². The molecule has 0 saturated carbocycles. The number of aliphatic hydroxyl groups is 1. The van der Waals surface area contributed by atoms with E-state index in [1.54, 1.807) is 13.2 Å². The molecule has 1 N–H and O–H groups in total. The smallest absolute Gasteiger partial charge is 0.124 e. The zero-order valence-corrected chi connectivity index (χ0v) is 14.3. The highest BCUT2D eigenvalue weighted by Crippen LogP contribution is 2.36. The van der Waals surface area contributed by atoms with Gasteiger partial charge in [0.15, 0.2) is 0 Å². The molecule has 2 nitrogen and oxygen atoms in total. The minimum atomic E-state index is -0.712. The molecular formula is C23H22O2. The lowest BCUT2D eigenvalue weighted by Gasteiger charge is -2.22. The summed E-state index contributed by atoms with van der Waals surface area (Å²) in [5.41, 5.74) is 4.11. The van der Waals surface area contributed by atoms with Crippen LogP contribution >= 0.6 is 0 Å². The van der Waals surface area contributed by atoms with E-state index in [4.69, 9.17) is 4.74 Å². The van der Waals surface area contributed by atoms with Gasteiger partial charge in [-0.3, -0.25) is 0 Å². The number of benzene rings is 3. The van der Waals surface area contributed by atoms with Gasteiger partial charge in [-0.2, -0.15) is 0 Å². The summed E-state index contributed by atoms with van der Waals surface area (Å²) in [6.45, 7) is 3.92. The first kappa shape index (κ1) is 17.0. The standard InChI is InChI=1S/C23H22O2/c1-3-20(23(24)21-11-7-8-12-22(21)25-2)19-15-13-18(14-16-19)17-9-5-4-6-10-17/h3-16,20,23-24H,1H2,2H3. The molecule has 3 aromatic rings. The second-order valence-electron chi connectivity index (χ2n) is 5.94. The molecule has 0 aliphatic rings. The summed E-state index contributed by atoms with van der Waals surface area (Å²) in [6, 6.07) is 26.0. The summed E-state index contributed by atoms with van der Waals surface area (Å²) >= 11 is 0. The largest absolute Gasteiger partial charge is 0.496 e. The van der Waals surface area contributed by atoms with Gasteiger partial charge in [0.05, 0.1) is 13.2 Å². The first-order valence-corrected chi connectivity index (χ1v) is 8.33. The molecule has 0 amide bonds. The fraction of sp³-hybridized carbons (Fsp3) is 0.130. The molecular weight excluding hydrogens is 308 g/mol. The molecule has 0 aromatic heterocycles. The van der Waals surface area contributed by atoms with Crippen LogP contribution in [0, 0.1) is 0 Å². The predicted molar refractivity (Wildman–Crippen MR) is 103 cm³/mol. The molecule has 0 bridgehead atoms. The fourth-order valence-corrected chi connectivity index (χ4v) is 3.08. The van der Waals surface area contributed by atoms with Gasteiger partial charge >= 0.3 is 0 Å². The summed E-state index contributed by atoms with van der Waals surface area (Å²) in [7, 11) is 1.61. The van der Waals surface area contributed by atoms with Gasteiger partial charge in [-0.15, -0.1) is 6.58 Å². The van der Waals surface area contributed by atoms with Crippen molar-refractivity contribution >= 4 is 0 Å². The minimum absolute atomic E-state index is 0.207. The van der Waals surface area contributed by atoms with Crippen molar-refractivity contribution < 1.29 is 9.84 Å². The van der Waals surface area contributed by atoms with Gasteiger partial charge in [-0.1, -0.05) is 78.9 Å². The second-order valence-corrected chi connectivity index (χ2v) is 5.94. The van der Waals surface area contributed by atoms with E-state index in [0.29, 0.717) is 5.75 Å². The van der Waals surface area contributed by atoms with Crippen LogP contribution in [-0.4, -0.2) is 12.2 Å². The summed E-state index contributed by atoms with van der Waals surface area (Å²) < 4.78 is 5.38. The highest BCUT2D eigenvalue weighted by molar-refractivity contribution is 5.63. The number of rotatable bonds is 6. The molecule has 0 saturated heterocycles.